The van der Waals surface area contributed by atoms with Crippen LogP contribution in [0.25, 0.3) is 0 Å². The Morgan fingerprint density at radius 1 is 1.08 bits per heavy atom. The zero-order valence-corrected chi connectivity index (χ0v) is 14.5. The average molecular weight is 343 g/mol. The summed E-state index contributed by atoms with van der Waals surface area (Å²) in [4.78, 5) is 30.8. The van der Waals surface area contributed by atoms with Gasteiger partial charge in [0.15, 0.2) is 0 Å². The molecule has 0 saturated heterocycles. The van der Waals surface area contributed by atoms with Crippen molar-refractivity contribution in [2.75, 3.05) is 18.4 Å². The van der Waals surface area contributed by atoms with Crippen LogP contribution in [0.5, 0.6) is 0 Å². The second-order valence-electron chi connectivity index (χ2n) is 5.68. The number of hydrogen-bond acceptors (Lipinski definition) is 3. The van der Waals surface area contributed by atoms with E-state index in [-0.39, 0.29) is 23.3 Å². The minimum absolute atomic E-state index is 0.180. The van der Waals surface area contributed by atoms with Gasteiger partial charge in [0.25, 0.3) is 11.8 Å². The van der Waals surface area contributed by atoms with E-state index in [0.29, 0.717) is 24.3 Å². The van der Waals surface area contributed by atoms with E-state index in [0.717, 1.165) is 12.8 Å². The third-order valence-corrected chi connectivity index (χ3v) is 3.62. The molecule has 0 atom stereocenters. The first-order valence-corrected chi connectivity index (χ1v) is 8.37. The maximum atomic E-state index is 12.9. The van der Waals surface area contributed by atoms with E-state index in [1.807, 2.05) is 13.8 Å². The van der Waals surface area contributed by atoms with E-state index in [9.17, 15) is 14.0 Å². The second-order valence-corrected chi connectivity index (χ2v) is 5.68. The van der Waals surface area contributed by atoms with Crippen LogP contribution in [0.15, 0.2) is 42.6 Å². The molecule has 0 fully saturated rings. The van der Waals surface area contributed by atoms with Gasteiger partial charge in [-0.05, 0) is 49.2 Å². The van der Waals surface area contributed by atoms with Crippen LogP contribution >= 0.6 is 0 Å². The quantitative estimate of drug-likeness (QED) is 0.833. The lowest BCUT2D eigenvalue weighted by Crippen LogP contribution is -2.33. The van der Waals surface area contributed by atoms with Crippen molar-refractivity contribution in [1.82, 2.24) is 9.88 Å². The molecule has 6 heteroatoms. The van der Waals surface area contributed by atoms with Crippen molar-refractivity contribution in [1.29, 1.82) is 0 Å². The van der Waals surface area contributed by atoms with Gasteiger partial charge in [0.1, 0.15) is 11.5 Å². The monoisotopic (exact) mass is 343 g/mol. The molecule has 25 heavy (non-hydrogen) atoms. The minimum Gasteiger partial charge on any atom is -0.337 e. The van der Waals surface area contributed by atoms with Gasteiger partial charge in [-0.15, -0.1) is 0 Å². The van der Waals surface area contributed by atoms with Crippen molar-refractivity contribution < 1.29 is 14.0 Å². The molecule has 0 radical (unpaired) electrons. The van der Waals surface area contributed by atoms with Gasteiger partial charge < -0.3 is 10.2 Å². The third-order valence-electron chi connectivity index (χ3n) is 3.62. The average Bonchev–Trinajstić information content (AvgIpc) is 2.63. The lowest BCUT2D eigenvalue weighted by Gasteiger charge is -2.21. The molecule has 1 heterocycles. The molecule has 0 bridgehead atoms. The summed E-state index contributed by atoms with van der Waals surface area (Å²) in [6, 6.07) is 8.52. The van der Waals surface area contributed by atoms with Crippen LogP contribution in [-0.4, -0.2) is 34.8 Å². The van der Waals surface area contributed by atoms with Gasteiger partial charge in [0.2, 0.25) is 0 Å². The van der Waals surface area contributed by atoms with Gasteiger partial charge in [-0.25, -0.2) is 4.39 Å². The summed E-state index contributed by atoms with van der Waals surface area (Å²) in [6.07, 6.45) is 3.16. The van der Waals surface area contributed by atoms with Crippen LogP contribution in [0.3, 0.4) is 0 Å². The second kappa shape index (κ2) is 8.92. The van der Waals surface area contributed by atoms with Crippen LogP contribution in [0.2, 0.25) is 0 Å². The van der Waals surface area contributed by atoms with E-state index >= 15 is 0 Å². The van der Waals surface area contributed by atoms with Crippen molar-refractivity contribution in [2.45, 2.75) is 26.7 Å². The number of amides is 2. The number of nitrogens with zero attached hydrogens (tertiary/aromatic N) is 2. The first-order chi connectivity index (χ1) is 12.0. The zero-order valence-electron chi connectivity index (χ0n) is 14.5. The smallest absolute Gasteiger partial charge is 0.272 e. The molecule has 1 aromatic heterocycles. The fraction of sp³-hybridized carbons (Fsp3) is 0.316. The van der Waals surface area contributed by atoms with E-state index in [4.69, 9.17) is 0 Å². The normalized spacial score (nSPS) is 10.4. The van der Waals surface area contributed by atoms with E-state index in [2.05, 4.69) is 10.3 Å². The predicted molar refractivity (Wildman–Crippen MR) is 95.1 cm³/mol. The molecule has 132 valence electrons. The van der Waals surface area contributed by atoms with Gasteiger partial charge in [-0.1, -0.05) is 13.8 Å². The Hall–Kier alpha value is -2.76. The van der Waals surface area contributed by atoms with Crippen LogP contribution in [0, 0.1) is 5.82 Å². The van der Waals surface area contributed by atoms with Crippen molar-refractivity contribution in [3.63, 3.8) is 0 Å². The molecule has 0 aliphatic carbocycles. The summed E-state index contributed by atoms with van der Waals surface area (Å²) in [5.41, 5.74) is 1.05. The number of hydrogen-bond donors (Lipinski definition) is 1. The number of halogens is 1. The Bertz CT molecular complexity index is 726. The topological polar surface area (TPSA) is 62.3 Å². The highest BCUT2D eigenvalue weighted by Crippen LogP contribution is 2.12. The Labute approximate surface area is 146 Å². The largest absolute Gasteiger partial charge is 0.337 e. The summed E-state index contributed by atoms with van der Waals surface area (Å²) in [7, 11) is 0. The molecule has 1 N–H and O–H groups in total. The molecule has 1 aromatic carbocycles. The summed E-state index contributed by atoms with van der Waals surface area (Å²) in [5.74, 6) is -0.928. The number of carbonyl (C=O) groups excluding carboxylic acids is 2. The molecule has 0 unspecified atom stereocenters. The van der Waals surface area contributed by atoms with Crippen molar-refractivity contribution in [2.24, 2.45) is 0 Å². The third kappa shape index (κ3) is 5.11. The minimum atomic E-state index is -0.374. The molecule has 0 aliphatic heterocycles. The summed E-state index contributed by atoms with van der Waals surface area (Å²) >= 11 is 0. The SMILES string of the molecule is CCCN(CCC)C(=O)c1cc(C(=O)Nc2ccc(F)cc2)ccn1. The highest BCUT2D eigenvalue weighted by atomic mass is 19.1. The van der Waals surface area contributed by atoms with Gasteiger partial charge in [0.05, 0.1) is 0 Å². The first kappa shape index (κ1) is 18.6. The van der Waals surface area contributed by atoms with Gasteiger partial charge in [0, 0.05) is 30.5 Å². The highest BCUT2D eigenvalue weighted by molar-refractivity contribution is 6.05. The van der Waals surface area contributed by atoms with Gasteiger partial charge in [-0.3, -0.25) is 14.6 Å². The lowest BCUT2D eigenvalue weighted by atomic mass is 10.2. The first-order valence-electron chi connectivity index (χ1n) is 8.37. The number of anilines is 1. The van der Waals surface area contributed by atoms with Crippen molar-refractivity contribution >= 4 is 17.5 Å². The number of benzene rings is 1. The van der Waals surface area contributed by atoms with E-state index < -0.39 is 0 Å². The standard InChI is InChI=1S/C19H22FN3O2/c1-3-11-23(12-4-2)19(25)17-13-14(9-10-21-17)18(24)22-16-7-5-15(20)6-8-16/h5-10,13H,3-4,11-12H2,1-2H3,(H,22,24). The van der Waals surface area contributed by atoms with Crippen molar-refractivity contribution in [3.8, 4) is 0 Å². The molecule has 0 aliphatic rings. The van der Waals surface area contributed by atoms with E-state index in [1.54, 1.807) is 11.0 Å². The Morgan fingerprint density at radius 2 is 1.72 bits per heavy atom. The van der Waals surface area contributed by atoms with Gasteiger partial charge >= 0.3 is 0 Å². The van der Waals surface area contributed by atoms with Crippen molar-refractivity contribution in [3.05, 3.63) is 59.7 Å². The van der Waals surface area contributed by atoms with Crippen LogP contribution < -0.4 is 5.32 Å². The molecule has 0 spiro atoms. The summed E-state index contributed by atoms with van der Waals surface area (Å²) in [6.45, 7) is 5.33. The fourth-order valence-corrected chi connectivity index (χ4v) is 2.44. The number of pyridine rings is 1. The maximum absolute atomic E-state index is 12.9. The Morgan fingerprint density at radius 3 is 2.32 bits per heavy atom. The number of rotatable bonds is 7. The summed E-state index contributed by atoms with van der Waals surface area (Å²) in [5, 5.41) is 2.67. The van der Waals surface area contributed by atoms with Crippen LogP contribution in [-0.2, 0) is 0 Å². The molecular weight excluding hydrogens is 321 g/mol. The number of aromatic nitrogens is 1. The Balaban J connectivity index is 2.15. The molecule has 5 nitrogen and oxygen atoms in total. The summed E-state index contributed by atoms with van der Waals surface area (Å²) < 4.78 is 12.9. The number of carbonyl (C=O) groups is 2. The molecule has 0 saturated carbocycles. The van der Waals surface area contributed by atoms with E-state index in [1.165, 1.54) is 36.5 Å². The lowest BCUT2D eigenvalue weighted by molar-refractivity contribution is 0.0749. The zero-order chi connectivity index (χ0) is 18.2. The highest BCUT2D eigenvalue weighted by Gasteiger charge is 2.17. The predicted octanol–water partition coefficient (Wildman–Crippen LogP) is 3.74. The molecule has 2 amide bonds. The number of nitrogens with one attached hydrogen (secondary N) is 1. The molecular formula is C19H22FN3O2. The maximum Gasteiger partial charge on any atom is 0.272 e. The fourth-order valence-electron chi connectivity index (χ4n) is 2.44. The molecule has 2 aromatic rings. The Kier molecular flexibility index (Phi) is 6.62. The van der Waals surface area contributed by atoms with Gasteiger partial charge in [-0.2, -0.15) is 0 Å². The molecule has 2 rings (SSSR count). The van der Waals surface area contributed by atoms with Crippen LogP contribution in [0.4, 0.5) is 10.1 Å². The van der Waals surface area contributed by atoms with Crippen LogP contribution in [0.1, 0.15) is 47.5 Å².